The van der Waals surface area contributed by atoms with E-state index in [4.69, 9.17) is 16.3 Å². The molecule has 10 heteroatoms. The van der Waals surface area contributed by atoms with Crippen LogP contribution < -0.4 is 4.72 Å². The summed E-state index contributed by atoms with van der Waals surface area (Å²) in [5, 5.41) is -0.112. The van der Waals surface area contributed by atoms with Crippen LogP contribution in [-0.2, 0) is 14.8 Å². The molecule has 7 nitrogen and oxygen atoms in total. The number of ether oxygens (including phenoxy) is 1. The van der Waals surface area contributed by atoms with Crippen molar-refractivity contribution in [2.24, 2.45) is 0 Å². The summed E-state index contributed by atoms with van der Waals surface area (Å²) in [7, 11) is -3.84. The average molecular weight is 469 g/mol. The minimum Gasteiger partial charge on any atom is -0.444 e. The zero-order valence-electron chi connectivity index (χ0n) is 15.0. The van der Waals surface area contributed by atoms with Gasteiger partial charge in [-0.15, -0.1) is 0 Å². The van der Waals surface area contributed by atoms with Crippen molar-refractivity contribution in [1.82, 2.24) is 14.6 Å². The Morgan fingerprint density at radius 2 is 2.12 bits per heavy atom. The van der Waals surface area contributed by atoms with E-state index in [9.17, 15) is 13.2 Å². The first kappa shape index (κ1) is 21.4. The van der Waals surface area contributed by atoms with Gasteiger partial charge in [-0.2, -0.15) is 0 Å². The number of halogens is 2. The second-order valence-electron chi connectivity index (χ2n) is 7.10. The van der Waals surface area contributed by atoms with Crippen molar-refractivity contribution >= 4 is 43.6 Å². The fourth-order valence-electron chi connectivity index (χ4n) is 2.66. The third kappa shape index (κ3) is 5.80. The lowest BCUT2D eigenvalue weighted by molar-refractivity contribution is 0.0105. The number of carbonyl (C=O) groups is 1. The molecule has 0 saturated carbocycles. The van der Waals surface area contributed by atoms with Crippen molar-refractivity contribution in [3.63, 3.8) is 0 Å². The summed E-state index contributed by atoms with van der Waals surface area (Å²) in [6.45, 7) is 6.04. The molecule has 0 aromatic carbocycles. The predicted molar refractivity (Wildman–Crippen MR) is 103 cm³/mol. The van der Waals surface area contributed by atoms with Crippen molar-refractivity contribution in [3.8, 4) is 0 Å². The smallest absolute Gasteiger partial charge is 0.410 e. The minimum absolute atomic E-state index is 0.0912. The molecule has 1 saturated heterocycles. The summed E-state index contributed by atoms with van der Waals surface area (Å²) in [5.41, 5.74) is -0.602. The minimum atomic E-state index is -3.84. The number of likely N-dealkylation sites (tertiary alicyclic amines) is 1. The third-order valence-electron chi connectivity index (χ3n) is 3.83. The van der Waals surface area contributed by atoms with Gasteiger partial charge in [-0.05, 0) is 68.1 Å². The fraction of sp³-hybridized carbons (Fsp3) is 0.625. The molecule has 1 aliphatic heterocycles. The van der Waals surface area contributed by atoms with Crippen molar-refractivity contribution < 1.29 is 17.9 Å². The van der Waals surface area contributed by atoms with E-state index in [-0.39, 0.29) is 22.6 Å². The molecule has 0 aliphatic carbocycles. The molecule has 0 radical (unpaired) electrons. The van der Waals surface area contributed by atoms with Gasteiger partial charge in [-0.1, -0.05) is 11.6 Å². The van der Waals surface area contributed by atoms with Gasteiger partial charge in [0.1, 0.15) is 20.3 Å². The molecule has 1 aromatic heterocycles. The molecule has 1 N–H and O–H groups in total. The molecule has 1 aromatic rings. The summed E-state index contributed by atoms with van der Waals surface area (Å²) in [5.74, 6) is 0. The Kier molecular flexibility index (Phi) is 6.92. The number of nitrogens with one attached hydrogen (secondary N) is 1. The van der Waals surface area contributed by atoms with Crippen LogP contribution in [0.25, 0.3) is 0 Å². The number of hydrogen-bond acceptors (Lipinski definition) is 5. The summed E-state index contributed by atoms with van der Waals surface area (Å²) in [6, 6.07) is 2.62. The topological polar surface area (TPSA) is 88.6 Å². The molecular formula is C16H23BrClN3O4S. The number of sulfonamides is 1. The second kappa shape index (κ2) is 8.41. The Morgan fingerprint density at radius 3 is 2.73 bits per heavy atom. The number of aromatic nitrogens is 1. The zero-order chi connectivity index (χ0) is 19.5. The van der Waals surface area contributed by atoms with E-state index in [0.717, 1.165) is 12.8 Å². The molecule has 1 fully saturated rings. The normalized spacial score (nSPS) is 18.7. The first-order chi connectivity index (χ1) is 12.0. The molecule has 1 atom stereocenters. The highest BCUT2D eigenvalue weighted by Gasteiger charge is 2.31. The monoisotopic (exact) mass is 467 g/mol. The summed E-state index contributed by atoms with van der Waals surface area (Å²) in [4.78, 5) is 17.8. The number of pyridine rings is 1. The predicted octanol–water partition coefficient (Wildman–Crippen LogP) is 3.57. The first-order valence-corrected chi connectivity index (χ1v) is 11.0. The highest BCUT2D eigenvalue weighted by Crippen LogP contribution is 2.23. The standard InChI is InChI=1S/C16H23BrClN3O4S/c1-16(2,3)25-15(22)21-9-5-4-6-11(21)10-19-26(23,24)12-7-8-13(17)20-14(12)18/h7-8,11,19H,4-6,9-10H2,1-3H3. The van der Waals surface area contributed by atoms with Crippen LogP contribution in [0.5, 0.6) is 0 Å². The van der Waals surface area contributed by atoms with Gasteiger partial charge >= 0.3 is 6.09 Å². The van der Waals surface area contributed by atoms with Crippen LogP contribution in [0.1, 0.15) is 40.0 Å². The van der Waals surface area contributed by atoms with Gasteiger partial charge in [-0.3, -0.25) is 0 Å². The van der Waals surface area contributed by atoms with Crippen LogP contribution in [0, 0.1) is 0 Å². The quantitative estimate of drug-likeness (QED) is 0.683. The van der Waals surface area contributed by atoms with Crippen LogP contribution in [0.4, 0.5) is 4.79 Å². The van der Waals surface area contributed by atoms with Crippen LogP contribution in [-0.4, -0.2) is 49.1 Å². The van der Waals surface area contributed by atoms with Crippen molar-refractivity contribution in [2.45, 2.75) is 56.6 Å². The number of amides is 1. The molecule has 26 heavy (non-hydrogen) atoms. The van der Waals surface area contributed by atoms with Gasteiger partial charge in [0.15, 0.2) is 0 Å². The van der Waals surface area contributed by atoms with Crippen molar-refractivity contribution in [3.05, 3.63) is 21.9 Å². The lowest BCUT2D eigenvalue weighted by atomic mass is 10.0. The van der Waals surface area contributed by atoms with E-state index in [0.29, 0.717) is 17.6 Å². The van der Waals surface area contributed by atoms with Crippen LogP contribution in [0.3, 0.4) is 0 Å². The molecule has 0 bridgehead atoms. The highest BCUT2D eigenvalue weighted by atomic mass is 79.9. The van der Waals surface area contributed by atoms with Crippen LogP contribution in [0.15, 0.2) is 21.6 Å². The van der Waals surface area contributed by atoms with Gasteiger partial charge < -0.3 is 9.64 Å². The molecule has 2 heterocycles. The Morgan fingerprint density at radius 1 is 1.42 bits per heavy atom. The van der Waals surface area contributed by atoms with E-state index < -0.39 is 21.7 Å². The third-order valence-corrected chi connectivity index (χ3v) is 6.13. The van der Waals surface area contributed by atoms with Gasteiger partial charge in [-0.25, -0.2) is 22.9 Å². The molecule has 2 rings (SSSR count). The number of piperidine rings is 1. The molecule has 1 aliphatic rings. The summed E-state index contributed by atoms with van der Waals surface area (Å²) >= 11 is 9.09. The first-order valence-electron chi connectivity index (χ1n) is 8.31. The van der Waals surface area contributed by atoms with Gasteiger partial charge in [0.2, 0.25) is 10.0 Å². The summed E-state index contributed by atoms with van der Waals surface area (Å²) in [6.07, 6.45) is 2.07. The Hall–Kier alpha value is -0.900. The van der Waals surface area contributed by atoms with Gasteiger partial charge in [0.05, 0.1) is 0 Å². The maximum atomic E-state index is 12.5. The van der Waals surface area contributed by atoms with E-state index in [1.165, 1.54) is 12.1 Å². The highest BCUT2D eigenvalue weighted by molar-refractivity contribution is 9.10. The molecule has 1 amide bonds. The van der Waals surface area contributed by atoms with Crippen LogP contribution in [0.2, 0.25) is 5.15 Å². The maximum absolute atomic E-state index is 12.5. The number of carbonyl (C=O) groups excluding carboxylic acids is 1. The summed E-state index contributed by atoms with van der Waals surface area (Å²) < 4.78 is 33.5. The average Bonchev–Trinajstić information content (AvgIpc) is 2.51. The van der Waals surface area contributed by atoms with E-state index in [1.807, 2.05) is 0 Å². The SMILES string of the molecule is CC(C)(C)OC(=O)N1CCCCC1CNS(=O)(=O)c1ccc(Br)nc1Cl. The van der Waals surface area contributed by atoms with Gasteiger partial charge in [0, 0.05) is 19.1 Å². The van der Waals surface area contributed by atoms with Gasteiger partial charge in [0.25, 0.3) is 0 Å². The number of hydrogen-bond donors (Lipinski definition) is 1. The molecule has 1 unspecified atom stereocenters. The second-order valence-corrected chi connectivity index (χ2v) is 10.0. The van der Waals surface area contributed by atoms with Crippen molar-refractivity contribution in [2.75, 3.05) is 13.1 Å². The largest absolute Gasteiger partial charge is 0.444 e. The van der Waals surface area contributed by atoms with Crippen molar-refractivity contribution in [1.29, 1.82) is 0 Å². The zero-order valence-corrected chi connectivity index (χ0v) is 18.1. The Bertz CT molecular complexity index is 767. The Balaban J connectivity index is 2.09. The number of nitrogens with zero attached hydrogens (tertiary/aromatic N) is 2. The van der Waals surface area contributed by atoms with Crippen LogP contribution >= 0.6 is 27.5 Å². The van der Waals surface area contributed by atoms with E-state index in [1.54, 1.807) is 25.7 Å². The lowest BCUT2D eigenvalue weighted by Crippen LogP contribution is -2.50. The van der Waals surface area contributed by atoms with E-state index in [2.05, 4.69) is 25.6 Å². The number of rotatable bonds is 4. The van der Waals surface area contributed by atoms with E-state index >= 15 is 0 Å². The fourth-order valence-corrected chi connectivity index (χ4v) is 4.61. The maximum Gasteiger partial charge on any atom is 0.410 e. The molecular weight excluding hydrogens is 446 g/mol. The molecule has 0 spiro atoms. The lowest BCUT2D eigenvalue weighted by Gasteiger charge is -2.36. The Labute approximate surface area is 167 Å². The molecule has 146 valence electrons.